The highest BCUT2D eigenvalue weighted by Crippen LogP contribution is 2.20. The Labute approximate surface area is 116 Å². The topological polar surface area (TPSA) is 52.9 Å². The molecule has 106 valence electrons. The Hall–Kier alpha value is -2.88. The van der Waals surface area contributed by atoms with E-state index in [4.69, 9.17) is 5.26 Å². The minimum absolute atomic E-state index is 0.129. The zero-order chi connectivity index (χ0) is 15.6. The fourth-order valence-corrected chi connectivity index (χ4v) is 1.58. The first-order chi connectivity index (χ1) is 9.93. The van der Waals surface area contributed by atoms with Crippen LogP contribution in [-0.2, 0) is 0 Å². The minimum atomic E-state index is -1.90. The van der Waals surface area contributed by atoms with Crippen LogP contribution in [0, 0.1) is 34.6 Å². The van der Waals surface area contributed by atoms with E-state index in [-0.39, 0.29) is 5.69 Å². The lowest BCUT2D eigenvalue weighted by atomic mass is 10.1. The van der Waals surface area contributed by atoms with Gasteiger partial charge in [0.15, 0.2) is 17.5 Å². The van der Waals surface area contributed by atoms with Crippen molar-refractivity contribution in [3.63, 3.8) is 0 Å². The van der Waals surface area contributed by atoms with Crippen molar-refractivity contribution in [2.24, 2.45) is 0 Å². The second kappa shape index (κ2) is 5.63. The molecule has 7 heteroatoms. The molecule has 0 radical (unpaired) electrons. The van der Waals surface area contributed by atoms with Gasteiger partial charge in [0, 0.05) is 5.69 Å². The predicted molar refractivity (Wildman–Crippen MR) is 65.4 cm³/mol. The molecule has 2 rings (SSSR count). The number of halogens is 4. The highest BCUT2D eigenvalue weighted by molar-refractivity contribution is 6.04. The zero-order valence-electron chi connectivity index (χ0n) is 10.3. The van der Waals surface area contributed by atoms with E-state index >= 15 is 0 Å². The SMILES string of the molecule is N#Cc1cc(C(=O)Nc2ccc(F)cc2)c(F)c(F)c1F. The van der Waals surface area contributed by atoms with Crippen LogP contribution in [-0.4, -0.2) is 5.91 Å². The summed E-state index contributed by atoms with van der Waals surface area (Å²) in [5, 5.41) is 10.8. The number of nitrogens with zero attached hydrogens (tertiary/aromatic N) is 1. The molecule has 0 aromatic heterocycles. The molecular weight excluding hydrogens is 288 g/mol. The maximum atomic E-state index is 13.6. The summed E-state index contributed by atoms with van der Waals surface area (Å²) in [7, 11) is 0. The van der Waals surface area contributed by atoms with E-state index in [1.165, 1.54) is 18.2 Å². The smallest absolute Gasteiger partial charge is 0.258 e. The number of carbonyl (C=O) groups excluding carboxylic acids is 1. The molecule has 2 aromatic rings. The van der Waals surface area contributed by atoms with Crippen LogP contribution in [0.4, 0.5) is 23.2 Å². The van der Waals surface area contributed by atoms with Crippen LogP contribution >= 0.6 is 0 Å². The number of hydrogen-bond donors (Lipinski definition) is 1. The first-order valence-corrected chi connectivity index (χ1v) is 5.58. The molecule has 0 aliphatic carbocycles. The van der Waals surface area contributed by atoms with Gasteiger partial charge in [0.2, 0.25) is 0 Å². The molecule has 0 spiro atoms. The highest BCUT2D eigenvalue weighted by atomic mass is 19.2. The average Bonchev–Trinajstić information content (AvgIpc) is 2.47. The molecule has 0 aliphatic heterocycles. The van der Waals surface area contributed by atoms with Gasteiger partial charge >= 0.3 is 0 Å². The lowest BCUT2D eigenvalue weighted by molar-refractivity contribution is 0.102. The Morgan fingerprint density at radius 2 is 1.62 bits per heavy atom. The minimum Gasteiger partial charge on any atom is -0.322 e. The Kier molecular flexibility index (Phi) is 3.89. The first kappa shape index (κ1) is 14.5. The van der Waals surface area contributed by atoms with Gasteiger partial charge in [0.05, 0.1) is 11.1 Å². The summed E-state index contributed by atoms with van der Waals surface area (Å²) < 4.78 is 52.7. The van der Waals surface area contributed by atoms with Crippen molar-refractivity contribution in [3.8, 4) is 6.07 Å². The molecule has 0 saturated carbocycles. The summed E-state index contributed by atoms with van der Waals surface area (Å²) in [6, 6.07) is 6.44. The van der Waals surface area contributed by atoms with Gasteiger partial charge in [0.1, 0.15) is 11.9 Å². The van der Waals surface area contributed by atoms with Crippen molar-refractivity contribution < 1.29 is 22.4 Å². The molecular formula is C14H6F4N2O. The van der Waals surface area contributed by atoms with Crippen molar-refractivity contribution in [1.29, 1.82) is 5.26 Å². The van der Waals surface area contributed by atoms with E-state index in [9.17, 15) is 22.4 Å². The van der Waals surface area contributed by atoms with Crippen LogP contribution < -0.4 is 5.32 Å². The Bertz CT molecular complexity index is 751. The zero-order valence-corrected chi connectivity index (χ0v) is 10.3. The fraction of sp³-hybridized carbons (Fsp3) is 0. The molecule has 1 N–H and O–H groups in total. The summed E-state index contributed by atoms with van der Waals surface area (Å²) >= 11 is 0. The van der Waals surface area contributed by atoms with Crippen molar-refractivity contribution in [1.82, 2.24) is 0 Å². The van der Waals surface area contributed by atoms with Crippen molar-refractivity contribution >= 4 is 11.6 Å². The van der Waals surface area contributed by atoms with Crippen LogP contribution in [0.25, 0.3) is 0 Å². The second-order valence-electron chi connectivity index (χ2n) is 3.99. The third kappa shape index (κ3) is 2.84. The van der Waals surface area contributed by atoms with E-state index in [0.29, 0.717) is 6.07 Å². The molecule has 21 heavy (non-hydrogen) atoms. The number of nitrogens with one attached hydrogen (secondary N) is 1. The molecule has 0 saturated heterocycles. The molecule has 0 aliphatic rings. The van der Waals surface area contributed by atoms with Gasteiger partial charge in [-0.25, -0.2) is 17.6 Å². The first-order valence-electron chi connectivity index (χ1n) is 5.58. The van der Waals surface area contributed by atoms with Crippen LogP contribution in [0.15, 0.2) is 30.3 Å². The number of nitriles is 1. The lowest BCUT2D eigenvalue weighted by Gasteiger charge is -2.08. The number of rotatable bonds is 2. The van der Waals surface area contributed by atoms with Crippen molar-refractivity contribution in [2.45, 2.75) is 0 Å². The van der Waals surface area contributed by atoms with Crippen molar-refractivity contribution in [3.05, 3.63) is 64.7 Å². The van der Waals surface area contributed by atoms with Gasteiger partial charge in [-0.15, -0.1) is 0 Å². The monoisotopic (exact) mass is 294 g/mol. The Morgan fingerprint density at radius 3 is 2.19 bits per heavy atom. The predicted octanol–water partition coefficient (Wildman–Crippen LogP) is 3.37. The molecule has 0 unspecified atom stereocenters. The quantitative estimate of drug-likeness (QED) is 0.682. The van der Waals surface area contributed by atoms with E-state index < -0.39 is 40.3 Å². The molecule has 0 heterocycles. The van der Waals surface area contributed by atoms with Gasteiger partial charge < -0.3 is 5.32 Å². The second-order valence-corrected chi connectivity index (χ2v) is 3.99. The molecule has 2 aromatic carbocycles. The summed E-state index contributed by atoms with van der Waals surface area (Å²) in [6.07, 6.45) is 0. The molecule has 0 fully saturated rings. The number of benzene rings is 2. The fourth-order valence-electron chi connectivity index (χ4n) is 1.58. The standard InChI is InChI=1S/C14H6F4N2O/c15-8-1-3-9(4-2-8)20-14(21)10-5-7(6-19)11(16)13(18)12(10)17/h1-5H,(H,20,21). The largest absolute Gasteiger partial charge is 0.322 e. The molecule has 0 atom stereocenters. The Balaban J connectivity index is 2.38. The van der Waals surface area contributed by atoms with Crippen LogP contribution in [0.2, 0.25) is 0 Å². The maximum Gasteiger partial charge on any atom is 0.258 e. The average molecular weight is 294 g/mol. The van der Waals surface area contributed by atoms with Crippen LogP contribution in [0.5, 0.6) is 0 Å². The highest BCUT2D eigenvalue weighted by Gasteiger charge is 2.22. The molecule has 3 nitrogen and oxygen atoms in total. The van der Waals surface area contributed by atoms with Gasteiger partial charge in [-0.05, 0) is 30.3 Å². The third-order valence-corrected chi connectivity index (χ3v) is 2.61. The number of hydrogen-bond acceptors (Lipinski definition) is 2. The Morgan fingerprint density at radius 1 is 1.00 bits per heavy atom. The van der Waals surface area contributed by atoms with Crippen LogP contribution in [0.1, 0.15) is 15.9 Å². The number of carbonyl (C=O) groups is 1. The lowest BCUT2D eigenvalue weighted by Crippen LogP contribution is -2.16. The number of amides is 1. The summed E-state index contributed by atoms with van der Waals surface area (Å²) in [5.74, 6) is -6.90. The molecule has 1 amide bonds. The summed E-state index contributed by atoms with van der Waals surface area (Å²) in [4.78, 5) is 11.8. The molecule has 0 bridgehead atoms. The van der Waals surface area contributed by atoms with E-state index in [0.717, 1.165) is 12.1 Å². The van der Waals surface area contributed by atoms with E-state index in [1.807, 2.05) is 0 Å². The van der Waals surface area contributed by atoms with Crippen LogP contribution in [0.3, 0.4) is 0 Å². The van der Waals surface area contributed by atoms with Gasteiger partial charge in [0.25, 0.3) is 5.91 Å². The van der Waals surface area contributed by atoms with E-state index in [2.05, 4.69) is 5.32 Å². The maximum absolute atomic E-state index is 13.6. The summed E-state index contributed by atoms with van der Waals surface area (Å²) in [6.45, 7) is 0. The third-order valence-electron chi connectivity index (χ3n) is 2.61. The van der Waals surface area contributed by atoms with Gasteiger partial charge in [-0.3, -0.25) is 4.79 Å². The van der Waals surface area contributed by atoms with E-state index in [1.54, 1.807) is 0 Å². The normalized spacial score (nSPS) is 10.0. The van der Waals surface area contributed by atoms with Gasteiger partial charge in [-0.1, -0.05) is 0 Å². The summed E-state index contributed by atoms with van der Waals surface area (Å²) in [5.41, 5.74) is -1.49. The number of anilines is 1. The van der Waals surface area contributed by atoms with Gasteiger partial charge in [-0.2, -0.15) is 5.26 Å². The van der Waals surface area contributed by atoms with Crippen molar-refractivity contribution in [2.75, 3.05) is 5.32 Å².